The molecule has 38 heavy (non-hydrogen) atoms. The molecular formula is C28H39N3O7. The SMILES string of the molecule is COCCN1C(O)N(Cc2cc(OC)ccc2OC)C(=O)C12CCN(Cc1cc(OC)cc(OC)c1)CC2. The minimum Gasteiger partial charge on any atom is -0.497 e. The molecule has 0 aliphatic carbocycles. The average Bonchev–Trinajstić information content (AvgIpc) is 3.13. The third-order valence-corrected chi connectivity index (χ3v) is 7.63. The van der Waals surface area contributed by atoms with Gasteiger partial charge in [0.25, 0.3) is 0 Å². The Kier molecular flexibility index (Phi) is 8.99. The lowest BCUT2D eigenvalue weighted by Crippen LogP contribution is -2.57. The molecule has 0 bridgehead atoms. The van der Waals surface area contributed by atoms with Crippen LogP contribution in [0.3, 0.4) is 0 Å². The summed E-state index contributed by atoms with van der Waals surface area (Å²) in [5.41, 5.74) is 1.05. The predicted molar refractivity (Wildman–Crippen MR) is 141 cm³/mol. The number of carbonyl (C=O) groups is 1. The molecule has 0 saturated carbocycles. The molecule has 1 unspecified atom stereocenters. The van der Waals surface area contributed by atoms with Crippen LogP contribution in [-0.2, 0) is 22.6 Å². The number of piperidine rings is 1. The summed E-state index contributed by atoms with van der Waals surface area (Å²) in [6, 6.07) is 11.3. The zero-order chi connectivity index (χ0) is 27.3. The van der Waals surface area contributed by atoms with Crippen molar-refractivity contribution in [3.05, 3.63) is 47.5 Å². The van der Waals surface area contributed by atoms with Gasteiger partial charge in [-0.25, -0.2) is 4.90 Å². The van der Waals surface area contributed by atoms with Crippen molar-refractivity contribution in [2.75, 3.05) is 61.8 Å². The van der Waals surface area contributed by atoms with Gasteiger partial charge in [-0.3, -0.25) is 14.6 Å². The van der Waals surface area contributed by atoms with Crippen LogP contribution in [-0.4, -0.2) is 99.4 Å². The molecule has 1 N–H and O–H groups in total. The molecule has 0 aromatic heterocycles. The Morgan fingerprint density at radius 2 is 1.53 bits per heavy atom. The number of carbonyl (C=O) groups excluding carboxylic acids is 1. The lowest BCUT2D eigenvalue weighted by Gasteiger charge is -2.42. The molecule has 2 fully saturated rings. The van der Waals surface area contributed by atoms with Gasteiger partial charge in [0.2, 0.25) is 5.91 Å². The minimum absolute atomic E-state index is 0.0753. The number of hydrogen-bond donors (Lipinski definition) is 1. The van der Waals surface area contributed by atoms with E-state index in [0.717, 1.165) is 22.6 Å². The Morgan fingerprint density at radius 3 is 2.11 bits per heavy atom. The van der Waals surface area contributed by atoms with E-state index < -0.39 is 11.9 Å². The maximum Gasteiger partial charge on any atom is 0.246 e. The first kappa shape index (κ1) is 28.0. The van der Waals surface area contributed by atoms with Gasteiger partial charge in [-0.05, 0) is 48.7 Å². The number of ether oxygens (including phenoxy) is 5. The van der Waals surface area contributed by atoms with Crippen molar-refractivity contribution < 1.29 is 33.6 Å². The van der Waals surface area contributed by atoms with Crippen molar-refractivity contribution in [1.82, 2.24) is 14.7 Å². The molecule has 0 radical (unpaired) electrons. The maximum absolute atomic E-state index is 14.0. The lowest BCUT2D eigenvalue weighted by atomic mass is 9.85. The number of aliphatic hydroxyl groups is 1. The zero-order valence-corrected chi connectivity index (χ0v) is 22.9. The van der Waals surface area contributed by atoms with Gasteiger partial charge >= 0.3 is 0 Å². The fraction of sp³-hybridized carbons (Fsp3) is 0.536. The normalized spacial score (nSPS) is 19.7. The maximum atomic E-state index is 14.0. The van der Waals surface area contributed by atoms with Crippen LogP contribution in [0.15, 0.2) is 36.4 Å². The summed E-state index contributed by atoms with van der Waals surface area (Å²) < 4.78 is 27.1. The molecule has 1 spiro atoms. The fourth-order valence-electron chi connectivity index (χ4n) is 5.54. The highest BCUT2D eigenvalue weighted by Gasteiger charge is 2.57. The number of methoxy groups -OCH3 is 5. The second kappa shape index (κ2) is 12.2. The molecule has 2 saturated heterocycles. The zero-order valence-electron chi connectivity index (χ0n) is 22.9. The van der Waals surface area contributed by atoms with Gasteiger partial charge in [-0.2, -0.15) is 0 Å². The van der Waals surface area contributed by atoms with Crippen LogP contribution in [0.25, 0.3) is 0 Å². The Labute approximate surface area is 224 Å². The lowest BCUT2D eigenvalue weighted by molar-refractivity contribution is -0.138. The fourth-order valence-corrected chi connectivity index (χ4v) is 5.54. The van der Waals surface area contributed by atoms with Gasteiger partial charge in [-0.15, -0.1) is 0 Å². The second-order valence-corrected chi connectivity index (χ2v) is 9.67. The van der Waals surface area contributed by atoms with E-state index in [1.165, 1.54) is 4.90 Å². The molecule has 1 atom stereocenters. The molecule has 1 amide bonds. The van der Waals surface area contributed by atoms with Gasteiger partial charge in [-0.1, -0.05) is 0 Å². The number of hydrogen-bond acceptors (Lipinski definition) is 9. The number of amides is 1. The molecular weight excluding hydrogens is 490 g/mol. The second-order valence-electron chi connectivity index (χ2n) is 9.67. The molecule has 4 rings (SSSR count). The molecule has 2 aromatic rings. The molecule has 2 aliphatic rings. The largest absolute Gasteiger partial charge is 0.497 e. The summed E-state index contributed by atoms with van der Waals surface area (Å²) in [4.78, 5) is 19.8. The summed E-state index contributed by atoms with van der Waals surface area (Å²) in [6.07, 6.45) is 0.126. The van der Waals surface area contributed by atoms with E-state index in [0.29, 0.717) is 57.1 Å². The van der Waals surface area contributed by atoms with Crippen LogP contribution in [0.5, 0.6) is 23.0 Å². The van der Waals surface area contributed by atoms with Gasteiger partial charge in [0, 0.05) is 44.9 Å². The summed E-state index contributed by atoms with van der Waals surface area (Å²) in [5.74, 6) is 2.72. The molecule has 10 nitrogen and oxygen atoms in total. The molecule has 208 valence electrons. The molecule has 2 aromatic carbocycles. The van der Waals surface area contributed by atoms with E-state index in [2.05, 4.69) is 4.90 Å². The smallest absolute Gasteiger partial charge is 0.246 e. The van der Waals surface area contributed by atoms with Crippen molar-refractivity contribution in [2.45, 2.75) is 37.8 Å². The van der Waals surface area contributed by atoms with E-state index in [4.69, 9.17) is 23.7 Å². The van der Waals surface area contributed by atoms with Gasteiger partial charge in [0.1, 0.15) is 28.5 Å². The van der Waals surface area contributed by atoms with Gasteiger partial charge in [0.05, 0.1) is 41.6 Å². The van der Waals surface area contributed by atoms with E-state index in [1.807, 2.05) is 41.3 Å². The highest BCUT2D eigenvalue weighted by molar-refractivity contribution is 5.89. The van der Waals surface area contributed by atoms with E-state index >= 15 is 0 Å². The predicted octanol–water partition coefficient (Wildman–Crippen LogP) is 2.32. The van der Waals surface area contributed by atoms with E-state index in [9.17, 15) is 9.90 Å². The number of rotatable bonds is 11. The minimum atomic E-state index is -1.07. The Balaban J connectivity index is 1.53. The van der Waals surface area contributed by atoms with Crippen LogP contribution in [0.1, 0.15) is 24.0 Å². The van der Waals surface area contributed by atoms with Crippen LogP contribution in [0.4, 0.5) is 0 Å². The number of nitrogens with zero attached hydrogens (tertiary/aromatic N) is 3. The first-order chi connectivity index (χ1) is 18.4. The monoisotopic (exact) mass is 529 g/mol. The standard InChI is InChI=1S/C28H39N3O7/c1-34-13-12-31-27(33)30(19-21-16-22(35-2)6-7-25(21)38-5)26(32)28(31)8-10-29(11-9-28)18-20-14-23(36-3)17-24(15-20)37-4/h6-7,14-17,27,33H,8-13,18-19H2,1-5H3. The highest BCUT2D eigenvalue weighted by Crippen LogP contribution is 2.40. The first-order valence-electron chi connectivity index (χ1n) is 12.8. The van der Waals surface area contributed by atoms with Crippen molar-refractivity contribution in [2.24, 2.45) is 0 Å². The van der Waals surface area contributed by atoms with Crippen molar-refractivity contribution in [3.8, 4) is 23.0 Å². The van der Waals surface area contributed by atoms with Gasteiger partial charge in [0.15, 0.2) is 6.35 Å². The van der Waals surface area contributed by atoms with Crippen molar-refractivity contribution in [1.29, 1.82) is 0 Å². The number of benzene rings is 2. The third kappa shape index (κ3) is 5.54. The molecule has 2 aliphatic heterocycles. The van der Waals surface area contributed by atoms with Gasteiger partial charge < -0.3 is 28.8 Å². The Morgan fingerprint density at radius 1 is 0.868 bits per heavy atom. The Hall–Kier alpha value is -3.05. The topological polar surface area (TPSA) is 93.2 Å². The Bertz CT molecular complexity index is 1080. The van der Waals surface area contributed by atoms with Crippen LogP contribution >= 0.6 is 0 Å². The van der Waals surface area contributed by atoms with Crippen molar-refractivity contribution in [3.63, 3.8) is 0 Å². The molecule has 10 heteroatoms. The summed E-state index contributed by atoms with van der Waals surface area (Å²) in [6.45, 7) is 3.19. The summed E-state index contributed by atoms with van der Waals surface area (Å²) in [5, 5.41) is 11.4. The van der Waals surface area contributed by atoms with E-state index in [-0.39, 0.29) is 12.5 Å². The van der Waals surface area contributed by atoms with Crippen LogP contribution in [0, 0.1) is 0 Å². The summed E-state index contributed by atoms with van der Waals surface area (Å²) >= 11 is 0. The third-order valence-electron chi connectivity index (χ3n) is 7.63. The number of likely N-dealkylation sites (tertiary alicyclic amines) is 1. The van der Waals surface area contributed by atoms with Crippen LogP contribution < -0.4 is 18.9 Å². The highest BCUT2D eigenvalue weighted by atomic mass is 16.5. The average molecular weight is 530 g/mol. The quantitative estimate of drug-likeness (QED) is 0.471. The molecule has 2 heterocycles. The van der Waals surface area contributed by atoms with Crippen molar-refractivity contribution >= 4 is 5.91 Å². The first-order valence-corrected chi connectivity index (χ1v) is 12.8. The number of aliphatic hydroxyl groups excluding tert-OH is 1. The summed E-state index contributed by atoms with van der Waals surface area (Å²) in [7, 11) is 8.09. The van der Waals surface area contributed by atoms with Crippen LogP contribution in [0.2, 0.25) is 0 Å². The van der Waals surface area contributed by atoms with E-state index in [1.54, 1.807) is 35.5 Å².